The Labute approximate surface area is 129 Å². The molecule has 0 aliphatic rings. The smallest absolute Gasteiger partial charge is 0.331 e. The molecule has 2 aromatic rings. The van der Waals surface area contributed by atoms with Crippen molar-refractivity contribution in [2.75, 3.05) is 14.2 Å². The minimum Gasteiger partial charge on any atom is -0.494 e. The van der Waals surface area contributed by atoms with Gasteiger partial charge in [0.05, 0.1) is 14.2 Å². The molecule has 4 heteroatoms. The van der Waals surface area contributed by atoms with E-state index in [1.807, 2.05) is 31.2 Å². The number of benzene rings is 2. The molecule has 2 aromatic carbocycles. The van der Waals surface area contributed by atoms with Crippen molar-refractivity contribution < 1.29 is 18.7 Å². The Morgan fingerprint density at radius 2 is 1.68 bits per heavy atom. The van der Waals surface area contributed by atoms with E-state index < -0.39 is 11.8 Å². The van der Waals surface area contributed by atoms with E-state index in [9.17, 15) is 9.18 Å². The summed E-state index contributed by atoms with van der Waals surface area (Å²) < 4.78 is 23.5. The molecule has 0 saturated heterocycles. The molecule has 114 valence electrons. The number of hydrogen-bond acceptors (Lipinski definition) is 3. The number of ether oxygens (including phenoxy) is 2. The Morgan fingerprint density at radius 3 is 2.23 bits per heavy atom. The lowest BCUT2D eigenvalue weighted by atomic mass is 9.96. The summed E-state index contributed by atoms with van der Waals surface area (Å²) in [4.78, 5) is 11.6. The summed E-state index contributed by atoms with van der Waals surface area (Å²) in [5.74, 6) is -0.820. The standard InChI is InChI=1S/C18H17FO3/c1-12-4-6-13(7-5-12)15(11-18(20)22-3)14-8-9-17(21-2)16(19)10-14/h4-11H,1-3H3/b15-11-. The first-order chi connectivity index (χ1) is 10.5. The van der Waals surface area contributed by atoms with Crippen LogP contribution in [0.3, 0.4) is 0 Å². The number of halogens is 1. The number of rotatable bonds is 4. The lowest BCUT2D eigenvalue weighted by Gasteiger charge is -2.10. The number of methoxy groups -OCH3 is 2. The molecule has 0 amide bonds. The summed E-state index contributed by atoms with van der Waals surface area (Å²) >= 11 is 0. The van der Waals surface area contributed by atoms with Gasteiger partial charge in [-0.3, -0.25) is 0 Å². The SMILES string of the molecule is COC(=O)/C=C(/c1ccc(C)cc1)c1ccc(OC)c(F)c1. The van der Waals surface area contributed by atoms with E-state index in [0.717, 1.165) is 11.1 Å². The van der Waals surface area contributed by atoms with Crippen molar-refractivity contribution in [3.05, 3.63) is 71.0 Å². The first-order valence-electron chi connectivity index (χ1n) is 6.75. The number of hydrogen-bond donors (Lipinski definition) is 0. The van der Waals surface area contributed by atoms with Crippen LogP contribution in [0.25, 0.3) is 5.57 Å². The van der Waals surface area contributed by atoms with E-state index in [2.05, 4.69) is 4.74 Å². The minimum atomic E-state index is -0.494. The molecule has 0 spiro atoms. The van der Waals surface area contributed by atoms with E-state index in [0.29, 0.717) is 11.1 Å². The molecule has 0 N–H and O–H groups in total. The lowest BCUT2D eigenvalue weighted by Crippen LogP contribution is -1.99. The second-order valence-corrected chi connectivity index (χ2v) is 4.80. The first kappa shape index (κ1) is 15.8. The summed E-state index contributed by atoms with van der Waals surface area (Å²) in [6.07, 6.45) is 1.35. The molecule has 0 radical (unpaired) electrons. The van der Waals surface area contributed by atoms with Crippen molar-refractivity contribution in [3.63, 3.8) is 0 Å². The third-order valence-electron chi connectivity index (χ3n) is 3.29. The highest BCUT2D eigenvalue weighted by Gasteiger charge is 2.11. The zero-order chi connectivity index (χ0) is 16.1. The monoisotopic (exact) mass is 300 g/mol. The molecule has 0 atom stereocenters. The number of carbonyl (C=O) groups excluding carboxylic acids is 1. The molecular formula is C18H17FO3. The van der Waals surface area contributed by atoms with Gasteiger partial charge in [0.25, 0.3) is 0 Å². The van der Waals surface area contributed by atoms with Gasteiger partial charge in [-0.05, 0) is 35.8 Å². The number of esters is 1. The fraction of sp³-hybridized carbons (Fsp3) is 0.167. The molecule has 0 bridgehead atoms. The molecule has 0 aliphatic heterocycles. The third kappa shape index (κ3) is 3.52. The summed E-state index contributed by atoms with van der Waals surface area (Å²) in [6.45, 7) is 1.97. The van der Waals surface area contributed by atoms with Gasteiger partial charge in [0.1, 0.15) is 0 Å². The van der Waals surface area contributed by atoms with Gasteiger partial charge < -0.3 is 9.47 Å². The fourth-order valence-corrected chi connectivity index (χ4v) is 2.08. The summed E-state index contributed by atoms with van der Waals surface area (Å²) in [5.41, 5.74) is 3.07. The molecule has 0 fully saturated rings. The van der Waals surface area contributed by atoms with Crippen LogP contribution < -0.4 is 4.74 Å². The maximum atomic E-state index is 13.9. The van der Waals surface area contributed by atoms with E-state index in [-0.39, 0.29) is 5.75 Å². The largest absolute Gasteiger partial charge is 0.494 e. The third-order valence-corrected chi connectivity index (χ3v) is 3.29. The Hall–Kier alpha value is -2.62. The second-order valence-electron chi connectivity index (χ2n) is 4.80. The molecule has 0 aromatic heterocycles. The molecule has 3 nitrogen and oxygen atoms in total. The Kier molecular flexibility index (Phi) is 4.94. The van der Waals surface area contributed by atoms with Crippen LogP contribution in [0.15, 0.2) is 48.5 Å². The predicted molar refractivity (Wildman–Crippen MR) is 83.2 cm³/mol. The van der Waals surface area contributed by atoms with Gasteiger partial charge in [-0.15, -0.1) is 0 Å². The number of carbonyl (C=O) groups is 1. The van der Waals surface area contributed by atoms with Crippen LogP contribution in [-0.2, 0) is 9.53 Å². The van der Waals surface area contributed by atoms with Gasteiger partial charge in [-0.25, -0.2) is 9.18 Å². The summed E-state index contributed by atoms with van der Waals surface area (Å²) in [6, 6.07) is 12.2. The zero-order valence-electron chi connectivity index (χ0n) is 12.7. The van der Waals surface area contributed by atoms with Crippen LogP contribution in [0.5, 0.6) is 5.75 Å². The molecular weight excluding hydrogens is 283 g/mol. The fourth-order valence-electron chi connectivity index (χ4n) is 2.08. The van der Waals surface area contributed by atoms with Gasteiger partial charge in [-0.1, -0.05) is 35.9 Å². The topological polar surface area (TPSA) is 35.5 Å². The lowest BCUT2D eigenvalue weighted by molar-refractivity contribution is -0.134. The van der Waals surface area contributed by atoms with Gasteiger partial charge in [0.15, 0.2) is 11.6 Å². The van der Waals surface area contributed by atoms with E-state index >= 15 is 0 Å². The van der Waals surface area contributed by atoms with Gasteiger partial charge in [0.2, 0.25) is 0 Å². The van der Waals surface area contributed by atoms with Gasteiger partial charge in [-0.2, -0.15) is 0 Å². The van der Waals surface area contributed by atoms with E-state index in [1.165, 1.54) is 32.4 Å². The van der Waals surface area contributed by atoms with Crippen molar-refractivity contribution in [3.8, 4) is 5.75 Å². The zero-order valence-corrected chi connectivity index (χ0v) is 12.7. The van der Waals surface area contributed by atoms with E-state index in [4.69, 9.17) is 4.74 Å². The van der Waals surface area contributed by atoms with Crippen molar-refractivity contribution in [2.45, 2.75) is 6.92 Å². The highest BCUT2D eigenvalue weighted by Crippen LogP contribution is 2.27. The quantitative estimate of drug-likeness (QED) is 0.637. The van der Waals surface area contributed by atoms with Crippen molar-refractivity contribution in [1.29, 1.82) is 0 Å². The Balaban J connectivity index is 2.54. The Bertz CT molecular complexity index is 703. The molecule has 0 aliphatic carbocycles. The number of aryl methyl sites for hydroxylation is 1. The van der Waals surface area contributed by atoms with E-state index in [1.54, 1.807) is 6.07 Å². The predicted octanol–water partition coefficient (Wildman–Crippen LogP) is 3.75. The molecule has 0 saturated carbocycles. The molecule has 0 heterocycles. The van der Waals surface area contributed by atoms with Crippen LogP contribution >= 0.6 is 0 Å². The average molecular weight is 300 g/mol. The minimum absolute atomic E-state index is 0.157. The molecule has 2 rings (SSSR count). The van der Waals surface area contributed by atoms with Gasteiger partial charge in [0, 0.05) is 6.08 Å². The van der Waals surface area contributed by atoms with Crippen molar-refractivity contribution >= 4 is 11.5 Å². The normalized spacial score (nSPS) is 11.2. The Morgan fingerprint density at radius 1 is 1.05 bits per heavy atom. The second kappa shape index (κ2) is 6.89. The summed E-state index contributed by atoms with van der Waals surface area (Å²) in [7, 11) is 2.71. The van der Waals surface area contributed by atoms with Crippen LogP contribution in [0.2, 0.25) is 0 Å². The van der Waals surface area contributed by atoms with Crippen LogP contribution in [0, 0.1) is 12.7 Å². The van der Waals surface area contributed by atoms with Crippen molar-refractivity contribution in [2.24, 2.45) is 0 Å². The highest BCUT2D eigenvalue weighted by molar-refractivity contribution is 5.96. The maximum absolute atomic E-state index is 13.9. The molecule has 22 heavy (non-hydrogen) atoms. The van der Waals surface area contributed by atoms with Gasteiger partial charge >= 0.3 is 5.97 Å². The maximum Gasteiger partial charge on any atom is 0.331 e. The summed E-state index contributed by atoms with van der Waals surface area (Å²) in [5, 5.41) is 0. The average Bonchev–Trinajstić information content (AvgIpc) is 2.53. The van der Waals surface area contributed by atoms with Crippen molar-refractivity contribution in [1.82, 2.24) is 0 Å². The molecule has 0 unspecified atom stereocenters. The highest BCUT2D eigenvalue weighted by atomic mass is 19.1. The van der Waals surface area contributed by atoms with Crippen LogP contribution in [0.4, 0.5) is 4.39 Å². The van der Waals surface area contributed by atoms with Crippen LogP contribution in [-0.4, -0.2) is 20.2 Å². The van der Waals surface area contributed by atoms with Crippen LogP contribution in [0.1, 0.15) is 16.7 Å². The first-order valence-corrected chi connectivity index (χ1v) is 6.75.